The van der Waals surface area contributed by atoms with Gasteiger partial charge in [0.2, 0.25) is 0 Å². The second kappa shape index (κ2) is 12.6. The van der Waals surface area contributed by atoms with Crippen molar-refractivity contribution >= 4 is 18.2 Å². The van der Waals surface area contributed by atoms with Gasteiger partial charge in [-0.05, 0) is 65.9 Å². The number of hydrogen-bond donors (Lipinski definition) is 1. The lowest BCUT2D eigenvalue weighted by Gasteiger charge is -2.09. The summed E-state index contributed by atoms with van der Waals surface area (Å²) in [5, 5.41) is 0. The van der Waals surface area contributed by atoms with E-state index in [1.807, 2.05) is 6.92 Å². The molecule has 4 aromatic heterocycles. The van der Waals surface area contributed by atoms with Gasteiger partial charge in [0.05, 0.1) is 5.69 Å². The zero-order valence-corrected chi connectivity index (χ0v) is 21.3. The van der Waals surface area contributed by atoms with Gasteiger partial charge in [0.15, 0.2) is 0 Å². The van der Waals surface area contributed by atoms with Crippen LogP contribution in [0.2, 0.25) is 0 Å². The number of nitrogens with two attached hydrogens (primary N) is 1. The molecule has 39 heavy (non-hydrogen) atoms. The summed E-state index contributed by atoms with van der Waals surface area (Å²) in [4.78, 5) is 18.0. The minimum atomic E-state index is -4.45. The third-order valence-electron chi connectivity index (χ3n) is 5.30. The van der Waals surface area contributed by atoms with Crippen LogP contribution in [0.4, 0.5) is 32.2 Å². The van der Waals surface area contributed by atoms with E-state index in [1.165, 1.54) is 30.6 Å². The SMILES string of the molecule is Cc1cnc(CN)cc1-c1ccc(C(F)(F)F)nc1.Cl.[C-]#[N+]c1cc(-c2ccc(C(F)(F)F)nc2)c(C)cn1. The van der Waals surface area contributed by atoms with Crippen LogP contribution in [0.1, 0.15) is 28.2 Å². The molecular weight excluding hydrogens is 546 g/mol. The molecule has 0 spiro atoms. The Morgan fingerprint density at radius 3 is 1.56 bits per heavy atom. The molecule has 0 aliphatic heterocycles. The first kappa shape index (κ1) is 31.1. The monoisotopic (exact) mass is 566 g/mol. The minimum absolute atomic E-state index is 0. The molecule has 0 bridgehead atoms. The van der Waals surface area contributed by atoms with Crippen molar-refractivity contribution in [1.82, 2.24) is 19.9 Å². The molecule has 204 valence electrons. The zero-order chi connectivity index (χ0) is 28.1. The number of pyridine rings is 4. The van der Waals surface area contributed by atoms with Crippen LogP contribution in [-0.2, 0) is 18.9 Å². The van der Waals surface area contributed by atoms with Crippen LogP contribution >= 0.6 is 12.4 Å². The predicted molar refractivity (Wildman–Crippen MR) is 136 cm³/mol. The van der Waals surface area contributed by atoms with E-state index in [9.17, 15) is 26.3 Å². The Morgan fingerprint density at radius 1 is 0.718 bits per heavy atom. The highest BCUT2D eigenvalue weighted by Crippen LogP contribution is 2.31. The molecule has 0 radical (unpaired) electrons. The Morgan fingerprint density at radius 2 is 1.18 bits per heavy atom. The second-order valence-electron chi connectivity index (χ2n) is 8.02. The third-order valence-corrected chi connectivity index (χ3v) is 5.30. The fraction of sp³-hybridized carbons (Fsp3) is 0.192. The van der Waals surface area contributed by atoms with Crippen LogP contribution in [0.5, 0.6) is 0 Å². The van der Waals surface area contributed by atoms with E-state index in [0.717, 1.165) is 35.0 Å². The molecule has 13 heteroatoms. The molecule has 0 amide bonds. The van der Waals surface area contributed by atoms with Crippen molar-refractivity contribution in [2.45, 2.75) is 32.7 Å². The van der Waals surface area contributed by atoms with Crippen molar-refractivity contribution < 1.29 is 26.3 Å². The lowest BCUT2D eigenvalue weighted by molar-refractivity contribution is -0.141. The smallest absolute Gasteiger partial charge is 0.361 e. The van der Waals surface area contributed by atoms with Crippen molar-refractivity contribution in [2.24, 2.45) is 5.73 Å². The Kier molecular flexibility index (Phi) is 10.1. The van der Waals surface area contributed by atoms with Crippen LogP contribution in [-0.4, -0.2) is 19.9 Å². The van der Waals surface area contributed by atoms with Crippen molar-refractivity contribution in [3.63, 3.8) is 0 Å². The maximum Gasteiger partial charge on any atom is 0.433 e. The van der Waals surface area contributed by atoms with Gasteiger partial charge in [-0.2, -0.15) is 26.3 Å². The van der Waals surface area contributed by atoms with E-state index in [1.54, 1.807) is 19.2 Å². The topological polar surface area (TPSA) is 81.9 Å². The lowest BCUT2D eigenvalue weighted by atomic mass is 10.0. The number of aromatic nitrogens is 4. The van der Waals surface area contributed by atoms with Crippen molar-refractivity contribution in [3.8, 4) is 22.3 Å². The maximum absolute atomic E-state index is 12.4. The molecule has 0 atom stereocenters. The summed E-state index contributed by atoms with van der Waals surface area (Å²) in [6.07, 6.45) is -3.35. The standard InChI is InChI=1S/C13H8F3N3.C13H12F3N3.ClH/c1-8-6-19-12(17-2)5-10(8)9-3-4-11(18-7-9)13(14,15)16;1-8-6-18-10(5-17)4-11(8)9-2-3-12(19-7-9)13(14,15)16;/h3-7H,1H3;2-4,6-7H,5,17H2,1H3;1H. The average Bonchev–Trinajstić information content (AvgIpc) is 2.89. The lowest BCUT2D eigenvalue weighted by Crippen LogP contribution is -2.07. The molecule has 0 aromatic carbocycles. The van der Waals surface area contributed by atoms with Gasteiger partial charge in [-0.25, -0.2) is 0 Å². The fourth-order valence-corrected chi connectivity index (χ4v) is 3.32. The Hall–Kier alpha value is -4.08. The van der Waals surface area contributed by atoms with Gasteiger partial charge in [-0.1, -0.05) is 18.7 Å². The molecule has 4 aromatic rings. The van der Waals surface area contributed by atoms with Gasteiger partial charge in [0.25, 0.3) is 5.82 Å². The third kappa shape index (κ3) is 7.95. The van der Waals surface area contributed by atoms with Crippen LogP contribution in [0.15, 0.2) is 61.2 Å². The van der Waals surface area contributed by atoms with Gasteiger partial charge < -0.3 is 10.6 Å². The number of rotatable bonds is 3. The van der Waals surface area contributed by atoms with Gasteiger partial charge in [0.1, 0.15) is 17.6 Å². The Labute approximate surface area is 226 Å². The summed E-state index contributed by atoms with van der Waals surface area (Å²) in [6, 6.07) is 7.93. The Bertz CT molecular complexity index is 1450. The first-order valence-corrected chi connectivity index (χ1v) is 10.9. The molecule has 0 aliphatic rings. The van der Waals surface area contributed by atoms with E-state index in [4.69, 9.17) is 12.3 Å². The fourth-order valence-electron chi connectivity index (χ4n) is 3.32. The van der Waals surface area contributed by atoms with Crippen LogP contribution in [0.25, 0.3) is 27.1 Å². The molecule has 0 fully saturated rings. The van der Waals surface area contributed by atoms with E-state index in [-0.39, 0.29) is 24.8 Å². The predicted octanol–water partition coefficient (Wildman–Crippen LogP) is 7.37. The van der Waals surface area contributed by atoms with E-state index >= 15 is 0 Å². The number of nitrogens with zero attached hydrogens (tertiary/aromatic N) is 5. The molecule has 4 rings (SSSR count). The molecule has 6 nitrogen and oxygen atoms in total. The summed E-state index contributed by atoms with van der Waals surface area (Å²) in [5.74, 6) is 0.195. The average molecular weight is 567 g/mol. The van der Waals surface area contributed by atoms with Gasteiger partial charge in [-0.3, -0.25) is 15.0 Å². The summed E-state index contributed by atoms with van der Waals surface area (Å²) in [6.45, 7) is 10.8. The van der Waals surface area contributed by atoms with Crippen LogP contribution < -0.4 is 5.73 Å². The summed E-state index contributed by atoms with van der Waals surface area (Å²) in [5.41, 5.74) is 8.56. The summed E-state index contributed by atoms with van der Waals surface area (Å²) < 4.78 is 74.5. The maximum atomic E-state index is 12.4. The molecule has 0 unspecified atom stereocenters. The van der Waals surface area contributed by atoms with Crippen molar-refractivity contribution in [1.29, 1.82) is 0 Å². The quantitative estimate of drug-likeness (QED) is 0.207. The van der Waals surface area contributed by atoms with E-state index in [0.29, 0.717) is 22.4 Å². The molecule has 4 heterocycles. The zero-order valence-electron chi connectivity index (χ0n) is 20.5. The highest BCUT2D eigenvalue weighted by atomic mass is 35.5. The highest BCUT2D eigenvalue weighted by Gasteiger charge is 2.32. The van der Waals surface area contributed by atoms with Gasteiger partial charge >= 0.3 is 12.4 Å². The largest absolute Gasteiger partial charge is 0.433 e. The number of alkyl halides is 6. The Balaban J connectivity index is 0.000000267. The molecule has 0 aliphatic carbocycles. The van der Waals surface area contributed by atoms with Crippen molar-refractivity contribution in [2.75, 3.05) is 0 Å². The number of hydrogen-bond acceptors (Lipinski definition) is 5. The van der Waals surface area contributed by atoms with Crippen LogP contribution in [0, 0.1) is 20.4 Å². The second-order valence-corrected chi connectivity index (χ2v) is 8.02. The molecule has 0 saturated carbocycles. The molecule has 0 saturated heterocycles. The van der Waals surface area contributed by atoms with Gasteiger partial charge in [0, 0.05) is 30.7 Å². The van der Waals surface area contributed by atoms with E-state index < -0.39 is 23.7 Å². The minimum Gasteiger partial charge on any atom is -0.361 e. The normalized spacial score (nSPS) is 11.1. The number of halogens is 7. The summed E-state index contributed by atoms with van der Waals surface area (Å²) >= 11 is 0. The number of aryl methyl sites for hydroxylation is 2. The van der Waals surface area contributed by atoms with Gasteiger partial charge in [-0.15, -0.1) is 17.4 Å². The highest BCUT2D eigenvalue weighted by molar-refractivity contribution is 5.85. The molecular formula is C26H21ClF6N6. The summed E-state index contributed by atoms with van der Waals surface area (Å²) in [7, 11) is 0. The van der Waals surface area contributed by atoms with Crippen LogP contribution in [0.3, 0.4) is 0 Å². The first-order chi connectivity index (χ1) is 17.8. The van der Waals surface area contributed by atoms with Crippen molar-refractivity contribution in [3.05, 3.63) is 101 Å². The first-order valence-electron chi connectivity index (χ1n) is 10.9. The molecule has 2 N–H and O–H groups in total. The van der Waals surface area contributed by atoms with E-state index in [2.05, 4.69) is 24.8 Å².